The van der Waals surface area contributed by atoms with Crippen molar-refractivity contribution in [2.24, 2.45) is 0 Å². The van der Waals surface area contributed by atoms with Crippen LogP contribution in [0.15, 0.2) is 30.6 Å². The molecule has 1 aromatic heterocycles. The van der Waals surface area contributed by atoms with Crippen LogP contribution in [0.4, 0.5) is 4.79 Å². The molecule has 0 radical (unpaired) electrons. The fourth-order valence-electron chi connectivity index (χ4n) is 3.09. The maximum Gasteiger partial charge on any atom is 0.317 e. The van der Waals surface area contributed by atoms with Crippen molar-refractivity contribution in [3.63, 3.8) is 0 Å². The van der Waals surface area contributed by atoms with E-state index in [4.69, 9.17) is 0 Å². The molecular formula is C19H25N5O2. The number of unbranched alkanes of at least 4 members (excludes halogenated alkanes) is 1. The molecule has 1 N–H and O–H groups in total. The fraction of sp³-hybridized carbons (Fsp3) is 0.474. The molecule has 1 aliphatic rings. The molecule has 0 bridgehead atoms. The first-order valence-electron chi connectivity index (χ1n) is 9.22. The van der Waals surface area contributed by atoms with Crippen molar-refractivity contribution in [2.45, 2.75) is 26.2 Å². The molecule has 1 aromatic carbocycles. The highest BCUT2D eigenvalue weighted by Gasteiger charge is 2.22. The molecule has 0 aliphatic carbocycles. The maximum atomic E-state index is 12.8. The minimum absolute atomic E-state index is 0.0224. The first-order valence-corrected chi connectivity index (χ1v) is 9.22. The van der Waals surface area contributed by atoms with E-state index in [1.165, 1.54) is 0 Å². The number of fused-ring (bicyclic) bond motifs is 1. The second kappa shape index (κ2) is 8.60. The van der Waals surface area contributed by atoms with Crippen LogP contribution in [0.5, 0.6) is 0 Å². The van der Waals surface area contributed by atoms with E-state index in [0.29, 0.717) is 43.8 Å². The summed E-state index contributed by atoms with van der Waals surface area (Å²) in [5.74, 6) is -0.0224. The van der Waals surface area contributed by atoms with Crippen LogP contribution in [0.1, 0.15) is 36.5 Å². The zero-order valence-electron chi connectivity index (χ0n) is 15.1. The Morgan fingerprint density at radius 1 is 1.04 bits per heavy atom. The van der Waals surface area contributed by atoms with E-state index in [2.05, 4.69) is 22.2 Å². The summed E-state index contributed by atoms with van der Waals surface area (Å²) in [6, 6.07) is 5.36. The molecule has 138 valence electrons. The number of carbonyl (C=O) groups is 2. The molecule has 0 spiro atoms. The SMILES string of the molecule is CCCCNC(=O)N1CCCN(C(=O)c2ccc3nccnc3c2)CC1. The summed E-state index contributed by atoms with van der Waals surface area (Å²) in [5.41, 5.74) is 2.10. The second-order valence-corrected chi connectivity index (χ2v) is 6.48. The van der Waals surface area contributed by atoms with Crippen molar-refractivity contribution in [1.29, 1.82) is 0 Å². The summed E-state index contributed by atoms with van der Waals surface area (Å²) in [6.07, 6.45) is 6.07. The molecule has 7 nitrogen and oxygen atoms in total. The predicted molar refractivity (Wildman–Crippen MR) is 99.9 cm³/mol. The van der Waals surface area contributed by atoms with E-state index in [1.807, 2.05) is 11.0 Å². The summed E-state index contributed by atoms with van der Waals surface area (Å²) in [5, 5.41) is 2.95. The Morgan fingerprint density at radius 3 is 2.58 bits per heavy atom. The Labute approximate surface area is 153 Å². The van der Waals surface area contributed by atoms with Gasteiger partial charge in [-0.2, -0.15) is 0 Å². The lowest BCUT2D eigenvalue weighted by Gasteiger charge is -2.22. The van der Waals surface area contributed by atoms with Gasteiger partial charge in [0.1, 0.15) is 0 Å². The van der Waals surface area contributed by atoms with Gasteiger partial charge in [0, 0.05) is 50.7 Å². The Morgan fingerprint density at radius 2 is 1.77 bits per heavy atom. The number of carbonyl (C=O) groups excluding carboxylic acids is 2. The topological polar surface area (TPSA) is 78.4 Å². The van der Waals surface area contributed by atoms with Gasteiger partial charge in [-0.3, -0.25) is 14.8 Å². The molecule has 0 unspecified atom stereocenters. The molecule has 0 atom stereocenters. The Hall–Kier alpha value is -2.70. The normalized spacial score (nSPS) is 15.0. The number of hydrogen-bond acceptors (Lipinski definition) is 4. The van der Waals surface area contributed by atoms with E-state index >= 15 is 0 Å². The van der Waals surface area contributed by atoms with E-state index in [9.17, 15) is 9.59 Å². The third kappa shape index (κ3) is 4.28. The van der Waals surface area contributed by atoms with Gasteiger partial charge >= 0.3 is 6.03 Å². The van der Waals surface area contributed by atoms with Crippen molar-refractivity contribution >= 4 is 23.0 Å². The van der Waals surface area contributed by atoms with Gasteiger partial charge in [-0.25, -0.2) is 4.79 Å². The van der Waals surface area contributed by atoms with Gasteiger partial charge in [0.2, 0.25) is 0 Å². The lowest BCUT2D eigenvalue weighted by molar-refractivity contribution is 0.0762. The minimum atomic E-state index is -0.0336. The third-order valence-corrected chi connectivity index (χ3v) is 4.59. The first-order chi connectivity index (χ1) is 12.7. The number of hydrogen-bond donors (Lipinski definition) is 1. The average Bonchev–Trinajstić information content (AvgIpc) is 2.93. The first kappa shape index (κ1) is 18.1. The molecular weight excluding hydrogens is 330 g/mol. The molecule has 0 saturated carbocycles. The number of benzene rings is 1. The Bertz CT molecular complexity index is 779. The van der Waals surface area contributed by atoms with Gasteiger partial charge in [-0.15, -0.1) is 0 Å². The minimum Gasteiger partial charge on any atom is -0.338 e. The van der Waals surface area contributed by atoms with Crippen LogP contribution in [-0.2, 0) is 0 Å². The van der Waals surface area contributed by atoms with Crippen LogP contribution in [-0.4, -0.2) is 64.4 Å². The Balaban J connectivity index is 1.62. The standard InChI is InChI=1S/C19H25N5O2/c1-2-3-7-22-19(26)24-11-4-10-23(12-13-24)18(25)15-5-6-16-17(14-15)21-9-8-20-16/h5-6,8-9,14H,2-4,7,10-13H2,1H3,(H,22,26). The highest BCUT2D eigenvalue weighted by molar-refractivity contribution is 5.97. The molecule has 3 amide bonds. The van der Waals surface area contributed by atoms with Crippen LogP contribution < -0.4 is 5.32 Å². The average molecular weight is 355 g/mol. The fourth-order valence-corrected chi connectivity index (χ4v) is 3.09. The van der Waals surface area contributed by atoms with E-state index < -0.39 is 0 Å². The highest BCUT2D eigenvalue weighted by atomic mass is 16.2. The van der Waals surface area contributed by atoms with Gasteiger partial charge in [-0.1, -0.05) is 13.3 Å². The van der Waals surface area contributed by atoms with Gasteiger partial charge < -0.3 is 15.1 Å². The van der Waals surface area contributed by atoms with Crippen LogP contribution in [0.3, 0.4) is 0 Å². The molecule has 1 saturated heterocycles. The molecule has 7 heteroatoms. The number of amides is 3. The Kier molecular flexibility index (Phi) is 5.99. The summed E-state index contributed by atoms with van der Waals surface area (Å²) in [4.78, 5) is 37.2. The zero-order valence-corrected chi connectivity index (χ0v) is 15.1. The smallest absolute Gasteiger partial charge is 0.317 e. The summed E-state index contributed by atoms with van der Waals surface area (Å²) in [7, 11) is 0. The highest BCUT2D eigenvalue weighted by Crippen LogP contribution is 2.14. The van der Waals surface area contributed by atoms with Crippen LogP contribution in [0.2, 0.25) is 0 Å². The number of aromatic nitrogens is 2. The van der Waals surface area contributed by atoms with Crippen molar-refractivity contribution in [3.8, 4) is 0 Å². The number of rotatable bonds is 4. The summed E-state index contributed by atoms with van der Waals surface area (Å²) in [6.45, 7) is 5.21. The number of urea groups is 1. The zero-order chi connectivity index (χ0) is 18.4. The molecule has 2 heterocycles. The van der Waals surface area contributed by atoms with Crippen molar-refractivity contribution in [3.05, 3.63) is 36.2 Å². The van der Waals surface area contributed by atoms with E-state index in [0.717, 1.165) is 24.8 Å². The second-order valence-electron chi connectivity index (χ2n) is 6.48. The van der Waals surface area contributed by atoms with Gasteiger partial charge in [0.15, 0.2) is 0 Å². The largest absolute Gasteiger partial charge is 0.338 e. The van der Waals surface area contributed by atoms with Crippen LogP contribution >= 0.6 is 0 Å². The lowest BCUT2D eigenvalue weighted by atomic mass is 10.1. The van der Waals surface area contributed by atoms with Gasteiger partial charge in [-0.05, 0) is 31.0 Å². The van der Waals surface area contributed by atoms with Crippen molar-refractivity contribution in [1.82, 2.24) is 25.1 Å². The van der Waals surface area contributed by atoms with Gasteiger partial charge in [0.05, 0.1) is 11.0 Å². The molecule has 26 heavy (non-hydrogen) atoms. The van der Waals surface area contributed by atoms with Crippen molar-refractivity contribution in [2.75, 3.05) is 32.7 Å². The molecule has 2 aromatic rings. The quantitative estimate of drug-likeness (QED) is 0.854. The van der Waals surface area contributed by atoms with E-state index in [-0.39, 0.29) is 11.9 Å². The van der Waals surface area contributed by atoms with Crippen LogP contribution in [0, 0.1) is 0 Å². The number of nitrogens with one attached hydrogen (secondary N) is 1. The van der Waals surface area contributed by atoms with Crippen LogP contribution in [0.25, 0.3) is 11.0 Å². The number of nitrogens with zero attached hydrogens (tertiary/aromatic N) is 4. The van der Waals surface area contributed by atoms with E-state index in [1.54, 1.807) is 29.4 Å². The monoisotopic (exact) mass is 355 g/mol. The van der Waals surface area contributed by atoms with Crippen molar-refractivity contribution < 1.29 is 9.59 Å². The molecule has 1 aliphatic heterocycles. The maximum absolute atomic E-state index is 12.8. The third-order valence-electron chi connectivity index (χ3n) is 4.59. The summed E-state index contributed by atoms with van der Waals surface area (Å²) >= 11 is 0. The molecule has 3 rings (SSSR count). The summed E-state index contributed by atoms with van der Waals surface area (Å²) < 4.78 is 0. The molecule has 1 fully saturated rings. The predicted octanol–water partition coefficient (Wildman–Crippen LogP) is 2.29. The lowest BCUT2D eigenvalue weighted by Crippen LogP contribution is -2.42. The van der Waals surface area contributed by atoms with Gasteiger partial charge in [0.25, 0.3) is 5.91 Å².